The third kappa shape index (κ3) is 3.19. The van der Waals surface area contributed by atoms with Crippen LogP contribution in [0.3, 0.4) is 0 Å². The van der Waals surface area contributed by atoms with Crippen molar-refractivity contribution in [3.8, 4) is 0 Å². The van der Waals surface area contributed by atoms with Gasteiger partial charge in [-0.2, -0.15) is 0 Å². The van der Waals surface area contributed by atoms with Crippen LogP contribution < -0.4 is 5.32 Å². The molecular formula is C13H23NO3. The summed E-state index contributed by atoms with van der Waals surface area (Å²) in [5.41, 5.74) is -0.169. The number of nitrogens with one attached hydrogen (secondary N) is 1. The van der Waals surface area contributed by atoms with Gasteiger partial charge in [0.25, 0.3) is 0 Å². The van der Waals surface area contributed by atoms with Crippen molar-refractivity contribution in [3.63, 3.8) is 0 Å². The minimum absolute atomic E-state index is 0.140. The van der Waals surface area contributed by atoms with Crippen molar-refractivity contribution < 1.29 is 14.6 Å². The second kappa shape index (κ2) is 4.94. The molecule has 1 amide bonds. The van der Waals surface area contributed by atoms with Gasteiger partial charge in [-0.25, -0.2) is 0 Å². The van der Waals surface area contributed by atoms with Gasteiger partial charge in [-0.1, -0.05) is 6.42 Å². The Labute approximate surface area is 103 Å². The molecular weight excluding hydrogens is 218 g/mol. The third-order valence-corrected chi connectivity index (χ3v) is 3.91. The van der Waals surface area contributed by atoms with Crippen LogP contribution in [-0.2, 0) is 9.53 Å². The van der Waals surface area contributed by atoms with Gasteiger partial charge in [0.1, 0.15) is 6.10 Å². The molecule has 1 saturated heterocycles. The van der Waals surface area contributed by atoms with E-state index in [1.54, 1.807) is 0 Å². The molecule has 98 valence electrons. The molecule has 1 saturated carbocycles. The Balaban J connectivity index is 1.81. The fourth-order valence-electron chi connectivity index (χ4n) is 2.61. The highest BCUT2D eigenvalue weighted by molar-refractivity contribution is 5.81. The highest BCUT2D eigenvalue weighted by Gasteiger charge is 2.34. The van der Waals surface area contributed by atoms with E-state index in [2.05, 4.69) is 5.32 Å². The molecule has 1 heterocycles. The topological polar surface area (TPSA) is 58.6 Å². The zero-order valence-corrected chi connectivity index (χ0v) is 10.7. The molecule has 2 aliphatic rings. The normalized spacial score (nSPS) is 30.4. The van der Waals surface area contributed by atoms with Gasteiger partial charge >= 0.3 is 0 Å². The van der Waals surface area contributed by atoms with Crippen molar-refractivity contribution in [3.05, 3.63) is 0 Å². The number of carbonyl (C=O) groups is 1. The molecule has 2 N–H and O–H groups in total. The standard InChI is InChI=1S/C13H23NO3/c1-13(2)8-10(6-7-17-13)14-12(16)11(15)9-4-3-5-9/h9-11,15H,3-8H2,1-2H3,(H,14,16)/t10-,11-/m0/s1. The van der Waals surface area contributed by atoms with Gasteiger partial charge in [-0.3, -0.25) is 4.79 Å². The number of aliphatic hydroxyl groups excluding tert-OH is 1. The molecule has 0 unspecified atom stereocenters. The van der Waals surface area contributed by atoms with Crippen LogP contribution in [0.2, 0.25) is 0 Å². The zero-order valence-electron chi connectivity index (χ0n) is 10.7. The Morgan fingerprint density at radius 3 is 2.65 bits per heavy atom. The minimum atomic E-state index is -0.810. The van der Waals surface area contributed by atoms with Crippen molar-refractivity contribution in [1.82, 2.24) is 5.32 Å². The fraction of sp³-hybridized carbons (Fsp3) is 0.923. The molecule has 2 rings (SSSR count). The maximum Gasteiger partial charge on any atom is 0.249 e. The van der Waals surface area contributed by atoms with E-state index in [-0.39, 0.29) is 23.5 Å². The molecule has 0 aromatic carbocycles. The van der Waals surface area contributed by atoms with E-state index in [1.165, 1.54) is 0 Å². The first kappa shape index (κ1) is 12.8. The summed E-state index contributed by atoms with van der Waals surface area (Å²) < 4.78 is 5.60. The Morgan fingerprint density at radius 2 is 2.12 bits per heavy atom. The molecule has 1 aliphatic carbocycles. The molecule has 2 atom stereocenters. The van der Waals surface area contributed by atoms with Crippen LogP contribution in [0.4, 0.5) is 0 Å². The van der Waals surface area contributed by atoms with Crippen molar-refractivity contribution in [2.45, 2.75) is 63.7 Å². The second-order valence-electron chi connectivity index (χ2n) is 5.94. The van der Waals surface area contributed by atoms with Gasteiger partial charge in [-0.15, -0.1) is 0 Å². The lowest BCUT2D eigenvalue weighted by molar-refractivity contribution is -0.136. The summed E-state index contributed by atoms with van der Waals surface area (Å²) in [6.07, 6.45) is 3.94. The van der Waals surface area contributed by atoms with E-state index >= 15 is 0 Å². The maximum absolute atomic E-state index is 11.9. The lowest BCUT2D eigenvalue weighted by Gasteiger charge is -2.37. The van der Waals surface area contributed by atoms with Crippen LogP contribution in [0.5, 0.6) is 0 Å². The highest BCUT2D eigenvalue weighted by Crippen LogP contribution is 2.30. The van der Waals surface area contributed by atoms with Crippen LogP contribution in [0, 0.1) is 5.92 Å². The number of hydrogen-bond acceptors (Lipinski definition) is 3. The number of ether oxygens (including phenoxy) is 1. The summed E-state index contributed by atoms with van der Waals surface area (Å²) in [6, 6.07) is 0.140. The molecule has 2 fully saturated rings. The first-order valence-electron chi connectivity index (χ1n) is 6.60. The number of rotatable bonds is 3. The van der Waals surface area contributed by atoms with Crippen LogP contribution in [0.25, 0.3) is 0 Å². The predicted molar refractivity (Wildman–Crippen MR) is 64.5 cm³/mol. The molecule has 0 aromatic rings. The van der Waals surface area contributed by atoms with E-state index in [0.29, 0.717) is 6.61 Å². The lowest BCUT2D eigenvalue weighted by atomic mass is 9.80. The van der Waals surface area contributed by atoms with Crippen LogP contribution in [0.1, 0.15) is 46.0 Å². The smallest absolute Gasteiger partial charge is 0.249 e. The van der Waals surface area contributed by atoms with Crippen LogP contribution in [0.15, 0.2) is 0 Å². The molecule has 17 heavy (non-hydrogen) atoms. The molecule has 0 aromatic heterocycles. The van der Waals surface area contributed by atoms with Gasteiger partial charge in [0, 0.05) is 12.6 Å². The molecule has 0 spiro atoms. The largest absolute Gasteiger partial charge is 0.383 e. The highest BCUT2D eigenvalue weighted by atomic mass is 16.5. The fourth-order valence-corrected chi connectivity index (χ4v) is 2.61. The molecule has 4 nitrogen and oxygen atoms in total. The summed E-state index contributed by atoms with van der Waals surface area (Å²) in [4.78, 5) is 11.9. The third-order valence-electron chi connectivity index (χ3n) is 3.91. The molecule has 4 heteroatoms. The van der Waals surface area contributed by atoms with E-state index < -0.39 is 6.10 Å². The summed E-state index contributed by atoms with van der Waals surface area (Å²) in [6.45, 7) is 4.75. The summed E-state index contributed by atoms with van der Waals surface area (Å²) >= 11 is 0. The maximum atomic E-state index is 11.9. The van der Waals surface area contributed by atoms with Gasteiger partial charge in [0.15, 0.2) is 0 Å². The van der Waals surface area contributed by atoms with Gasteiger partial charge in [0.2, 0.25) is 5.91 Å². The average Bonchev–Trinajstić information content (AvgIpc) is 2.12. The van der Waals surface area contributed by atoms with Crippen LogP contribution in [-0.4, -0.2) is 35.4 Å². The molecule has 1 aliphatic heterocycles. The van der Waals surface area contributed by atoms with Crippen molar-refractivity contribution >= 4 is 5.91 Å². The summed E-state index contributed by atoms with van der Waals surface area (Å²) in [5.74, 6) is -0.0137. The van der Waals surface area contributed by atoms with Gasteiger partial charge in [-0.05, 0) is 45.4 Å². The average molecular weight is 241 g/mol. The Morgan fingerprint density at radius 1 is 1.41 bits per heavy atom. The van der Waals surface area contributed by atoms with E-state index in [9.17, 15) is 9.90 Å². The Bertz CT molecular complexity index is 286. The van der Waals surface area contributed by atoms with E-state index in [1.807, 2.05) is 13.8 Å². The summed E-state index contributed by atoms with van der Waals surface area (Å²) in [5, 5.41) is 12.8. The lowest BCUT2D eigenvalue weighted by Crippen LogP contribution is -2.50. The predicted octanol–water partition coefficient (Wildman–Crippen LogP) is 1.22. The zero-order chi connectivity index (χ0) is 12.5. The first-order valence-corrected chi connectivity index (χ1v) is 6.60. The summed E-state index contributed by atoms with van der Waals surface area (Å²) in [7, 11) is 0. The van der Waals surface area contributed by atoms with E-state index in [4.69, 9.17) is 4.74 Å². The Kier molecular flexibility index (Phi) is 3.73. The number of hydrogen-bond donors (Lipinski definition) is 2. The monoisotopic (exact) mass is 241 g/mol. The minimum Gasteiger partial charge on any atom is -0.383 e. The van der Waals surface area contributed by atoms with Crippen LogP contribution >= 0.6 is 0 Å². The van der Waals surface area contributed by atoms with Gasteiger partial charge < -0.3 is 15.2 Å². The number of amides is 1. The van der Waals surface area contributed by atoms with Crippen molar-refractivity contribution in [1.29, 1.82) is 0 Å². The van der Waals surface area contributed by atoms with Gasteiger partial charge in [0.05, 0.1) is 5.60 Å². The van der Waals surface area contributed by atoms with Crippen molar-refractivity contribution in [2.24, 2.45) is 5.92 Å². The van der Waals surface area contributed by atoms with Crippen molar-refractivity contribution in [2.75, 3.05) is 6.61 Å². The van der Waals surface area contributed by atoms with E-state index in [0.717, 1.165) is 32.1 Å². The Hall–Kier alpha value is -0.610. The SMILES string of the molecule is CC1(C)C[C@@H](NC(=O)[C@@H](O)C2CCC2)CCO1. The first-order chi connectivity index (χ1) is 7.98. The molecule has 0 bridgehead atoms. The second-order valence-corrected chi connectivity index (χ2v) is 5.94. The molecule has 0 radical (unpaired) electrons. The number of aliphatic hydroxyl groups is 1. The number of carbonyl (C=O) groups excluding carboxylic acids is 1. The quantitative estimate of drug-likeness (QED) is 0.781.